The Morgan fingerprint density at radius 2 is 2.29 bits per heavy atom. The van der Waals surface area contributed by atoms with Crippen LogP contribution in [0.15, 0.2) is 24.5 Å². The standard InChI is InChI=1S/C15H14N4OS/c16-8-12-11-3-6-18-9-13(11)21-15(12)19-14(20)7-10-1-4-17-5-2-10/h1-2,4-5,18H,3,6-7,9H2,(H,19,20). The summed E-state index contributed by atoms with van der Waals surface area (Å²) in [6.07, 6.45) is 4.46. The Morgan fingerprint density at radius 1 is 1.48 bits per heavy atom. The van der Waals surface area contributed by atoms with Gasteiger partial charge in [0.25, 0.3) is 0 Å². The fraction of sp³-hybridized carbons (Fsp3) is 0.267. The molecule has 1 aliphatic rings. The summed E-state index contributed by atoms with van der Waals surface area (Å²) in [5, 5.41) is 16.2. The molecule has 5 nitrogen and oxygen atoms in total. The number of pyridine rings is 1. The number of hydrogen-bond acceptors (Lipinski definition) is 5. The quantitative estimate of drug-likeness (QED) is 0.906. The fourth-order valence-electron chi connectivity index (χ4n) is 2.40. The molecule has 0 radical (unpaired) electrons. The Balaban J connectivity index is 1.77. The molecule has 0 aromatic carbocycles. The summed E-state index contributed by atoms with van der Waals surface area (Å²) in [5.41, 5.74) is 2.61. The van der Waals surface area contributed by atoms with Crippen molar-refractivity contribution in [2.24, 2.45) is 0 Å². The Labute approximate surface area is 126 Å². The number of aromatic nitrogens is 1. The summed E-state index contributed by atoms with van der Waals surface area (Å²) in [6, 6.07) is 5.86. The van der Waals surface area contributed by atoms with Gasteiger partial charge < -0.3 is 10.6 Å². The molecule has 1 aliphatic heterocycles. The lowest BCUT2D eigenvalue weighted by Gasteiger charge is -2.11. The third-order valence-electron chi connectivity index (χ3n) is 3.41. The number of carbonyl (C=O) groups excluding carboxylic acids is 1. The van der Waals surface area contributed by atoms with E-state index in [4.69, 9.17) is 0 Å². The minimum absolute atomic E-state index is 0.107. The van der Waals surface area contributed by atoms with Crippen LogP contribution in [0.3, 0.4) is 0 Å². The molecule has 6 heteroatoms. The molecule has 21 heavy (non-hydrogen) atoms. The number of amides is 1. The predicted octanol–water partition coefficient (Wildman–Crippen LogP) is 1.84. The molecule has 0 spiro atoms. The van der Waals surface area contributed by atoms with Gasteiger partial charge in [-0.3, -0.25) is 9.78 Å². The molecule has 1 amide bonds. The molecule has 106 valence electrons. The van der Waals surface area contributed by atoms with Crippen LogP contribution in [-0.4, -0.2) is 17.4 Å². The summed E-state index contributed by atoms with van der Waals surface area (Å²) in [4.78, 5) is 17.2. The van der Waals surface area contributed by atoms with Crippen molar-refractivity contribution in [1.29, 1.82) is 5.26 Å². The number of thiophene rings is 1. The molecule has 0 bridgehead atoms. The minimum Gasteiger partial charge on any atom is -0.316 e. The lowest BCUT2D eigenvalue weighted by molar-refractivity contribution is -0.115. The number of anilines is 1. The van der Waals surface area contributed by atoms with Crippen molar-refractivity contribution >= 4 is 22.2 Å². The smallest absolute Gasteiger partial charge is 0.229 e. The van der Waals surface area contributed by atoms with Gasteiger partial charge in [-0.15, -0.1) is 11.3 Å². The fourth-order valence-corrected chi connectivity index (χ4v) is 3.58. The van der Waals surface area contributed by atoms with Crippen LogP contribution in [0.5, 0.6) is 0 Å². The Hall–Kier alpha value is -2.23. The molecular formula is C15H14N4OS. The van der Waals surface area contributed by atoms with Crippen molar-refractivity contribution in [3.8, 4) is 6.07 Å². The zero-order chi connectivity index (χ0) is 14.7. The largest absolute Gasteiger partial charge is 0.316 e. The van der Waals surface area contributed by atoms with E-state index >= 15 is 0 Å². The van der Waals surface area contributed by atoms with Gasteiger partial charge in [-0.25, -0.2) is 0 Å². The second-order valence-corrected chi connectivity index (χ2v) is 5.93. The molecule has 3 rings (SSSR count). The summed E-state index contributed by atoms with van der Waals surface area (Å²) in [7, 11) is 0. The third-order valence-corrected chi connectivity index (χ3v) is 4.55. The van der Waals surface area contributed by atoms with Crippen LogP contribution in [0.2, 0.25) is 0 Å². The highest BCUT2D eigenvalue weighted by Gasteiger charge is 2.21. The maximum atomic E-state index is 12.1. The van der Waals surface area contributed by atoms with Crippen molar-refractivity contribution < 1.29 is 4.79 Å². The second-order valence-electron chi connectivity index (χ2n) is 4.83. The molecule has 0 atom stereocenters. The van der Waals surface area contributed by atoms with E-state index in [1.54, 1.807) is 12.4 Å². The highest BCUT2D eigenvalue weighted by atomic mass is 32.1. The molecule has 3 heterocycles. The topological polar surface area (TPSA) is 77.8 Å². The van der Waals surface area contributed by atoms with Gasteiger partial charge in [0.15, 0.2) is 0 Å². The number of nitrogens with zero attached hydrogens (tertiary/aromatic N) is 2. The van der Waals surface area contributed by atoms with Crippen LogP contribution in [0.1, 0.15) is 21.6 Å². The molecule has 2 aromatic rings. The Bertz CT molecular complexity index is 702. The number of rotatable bonds is 3. The summed E-state index contributed by atoms with van der Waals surface area (Å²) < 4.78 is 0. The third kappa shape index (κ3) is 2.94. The lowest BCUT2D eigenvalue weighted by Crippen LogP contribution is -2.22. The monoisotopic (exact) mass is 298 g/mol. The summed E-state index contributed by atoms with van der Waals surface area (Å²) in [6.45, 7) is 1.65. The Kier molecular flexibility index (Phi) is 3.95. The summed E-state index contributed by atoms with van der Waals surface area (Å²) in [5.74, 6) is -0.107. The SMILES string of the molecule is N#Cc1c(NC(=O)Cc2ccncc2)sc2c1CCNC2. The van der Waals surface area contributed by atoms with Gasteiger partial charge in [0.2, 0.25) is 5.91 Å². The molecule has 0 saturated heterocycles. The first kappa shape index (κ1) is 13.7. The number of hydrogen-bond donors (Lipinski definition) is 2. The van der Waals surface area contributed by atoms with Crippen molar-refractivity contribution in [3.63, 3.8) is 0 Å². The van der Waals surface area contributed by atoms with E-state index in [9.17, 15) is 10.1 Å². The maximum absolute atomic E-state index is 12.1. The first-order chi connectivity index (χ1) is 10.3. The minimum atomic E-state index is -0.107. The van der Waals surface area contributed by atoms with E-state index in [1.807, 2.05) is 12.1 Å². The van der Waals surface area contributed by atoms with Gasteiger partial charge >= 0.3 is 0 Å². The van der Waals surface area contributed by atoms with E-state index in [2.05, 4.69) is 21.7 Å². The lowest BCUT2D eigenvalue weighted by atomic mass is 10.1. The van der Waals surface area contributed by atoms with Gasteiger partial charge in [0.1, 0.15) is 11.1 Å². The van der Waals surface area contributed by atoms with Crippen LogP contribution < -0.4 is 10.6 Å². The zero-order valence-corrected chi connectivity index (χ0v) is 12.2. The summed E-state index contributed by atoms with van der Waals surface area (Å²) >= 11 is 1.50. The van der Waals surface area contributed by atoms with Crippen LogP contribution in [-0.2, 0) is 24.2 Å². The van der Waals surface area contributed by atoms with Crippen molar-refractivity contribution in [2.45, 2.75) is 19.4 Å². The van der Waals surface area contributed by atoms with Gasteiger partial charge in [0, 0.05) is 23.8 Å². The molecule has 0 aliphatic carbocycles. The molecule has 2 N–H and O–H groups in total. The highest BCUT2D eigenvalue weighted by Crippen LogP contribution is 2.34. The number of nitriles is 1. The first-order valence-electron chi connectivity index (χ1n) is 6.72. The molecular weight excluding hydrogens is 284 g/mol. The highest BCUT2D eigenvalue weighted by molar-refractivity contribution is 7.16. The Morgan fingerprint density at radius 3 is 3.05 bits per heavy atom. The van der Waals surface area contributed by atoms with Gasteiger partial charge in [-0.2, -0.15) is 5.26 Å². The number of nitrogens with one attached hydrogen (secondary N) is 2. The number of carbonyl (C=O) groups is 1. The van der Waals surface area contributed by atoms with E-state index < -0.39 is 0 Å². The zero-order valence-electron chi connectivity index (χ0n) is 11.3. The van der Waals surface area contributed by atoms with Crippen molar-refractivity contribution in [2.75, 3.05) is 11.9 Å². The first-order valence-corrected chi connectivity index (χ1v) is 7.53. The van der Waals surface area contributed by atoms with Crippen molar-refractivity contribution in [3.05, 3.63) is 46.1 Å². The normalized spacial score (nSPS) is 13.3. The average Bonchev–Trinajstić information content (AvgIpc) is 2.85. The van der Waals surface area contributed by atoms with Crippen molar-refractivity contribution in [1.82, 2.24) is 10.3 Å². The van der Waals surface area contributed by atoms with E-state index in [0.29, 0.717) is 10.6 Å². The van der Waals surface area contributed by atoms with Crippen LogP contribution in [0.4, 0.5) is 5.00 Å². The number of fused-ring (bicyclic) bond motifs is 1. The second kappa shape index (κ2) is 6.04. The van der Waals surface area contributed by atoms with E-state index in [-0.39, 0.29) is 12.3 Å². The predicted molar refractivity (Wildman–Crippen MR) is 81.0 cm³/mol. The molecule has 0 saturated carbocycles. The van der Waals surface area contributed by atoms with E-state index in [1.165, 1.54) is 11.3 Å². The molecule has 0 fully saturated rings. The van der Waals surface area contributed by atoms with Crippen LogP contribution in [0.25, 0.3) is 0 Å². The molecule has 0 unspecified atom stereocenters. The molecule has 2 aromatic heterocycles. The van der Waals surface area contributed by atoms with Gasteiger partial charge in [0.05, 0.1) is 12.0 Å². The van der Waals surface area contributed by atoms with Crippen LogP contribution in [0, 0.1) is 11.3 Å². The van der Waals surface area contributed by atoms with Gasteiger partial charge in [-0.05, 0) is 36.2 Å². The maximum Gasteiger partial charge on any atom is 0.229 e. The van der Waals surface area contributed by atoms with Crippen LogP contribution >= 0.6 is 11.3 Å². The van der Waals surface area contributed by atoms with E-state index in [0.717, 1.165) is 35.5 Å². The van der Waals surface area contributed by atoms with Gasteiger partial charge in [-0.1, -0.05) is 0 Å². The average molecular weight is 298 g/mol.